The minimum absolute atomic E-state index is 0.695. The minimum Gasteiger partial charge on any atom is -0.356 e. The number of hydrogen-bond acceptors (Lipinski definition) is 4. The molecule has 1 aliphatic rings. The normalized spacial score (nSPS) is 14.9. The molecule has 1 N–H and O–H groups in total. The highest BCUT2D eigenvalue weighted by atomic mass is 15.2. The highest BCUT2D eigenvalue weighted by molar-refractivity contribution is 5.64. The maximum absolute atomic E-state index is 4.76. The Morgan fingerprint density at radius 1 is 0.870 bits per heavy atom. The van der Waals surface area contributed by atoms with E-state index >= 15 is 0 Å². The summed E-state index contributed by atoms with van der Waals surface area (Å²) in [6.45, 7) is 10.6. The van der Waals surface area contributed by atoms with Gasteiger partial charge in [0, 0.05) is 30.5 Å². The summed E-state index contributed by atoms with van der Waals surface area (Å²) in [7, 11) is 0. The third-order valence-electron chi connectivity index (χ3n) is 4.43. The molecule has 1 fully saturated rings. The van der Waals surface area contributed by atoms with E-state index in [4.69, 9.17) is 4.98 Å². The second-order valence-electron chi connectivity index (χ2n) is 6.64. The molecule has 0 radical (unpaired) electrons. The highest BCUT2D eigenvalue weighted by Crippen LogP contribution is 2.26. The van der Waals surface area contributed by atoms with Gasteiger partial charge in [-0.2, -0.15) is 4.98 Å². The molecule has 0 saturated carbocycles. The van der Waals surface area contributed by atoms with Crippen LogP contribution in [0.4, 0.5) is 17.5 Å². The molecule has 0 atom stereocenters. The van der Waals surface area contributed by atoms with Crippen molar-refractivity contribution in [2.75, 3.05) is 23.3 Å². The van der Waals surface area contributed by atoms with Gasteiger partial charge < -0.3 is 10.2 Å². The van der Waals surface area contributed by atoms with Crippen LogP contribution in [0.2, 0.25) is 0 Å². The van der Waals surface area contributed by atoms with Gasteiger partial charge >= 0.3 is 0 Å². The predicted molar refractivity (Wildman–Crippen MR) is 96.8 cm³/mol. The van der Waals surface area contributed by atoms with E-state index in [-0.39, 0.29) is 0 Å². The van der Waals surface area contributed by atoms with Crippen molar-refractivity contribution in [3.63, 3.8) is 0 Å². The lowest BCUT2D eigenvalue weighted by Gasteiger charge is -2.28. The van der Waals surface area contributed by atoms with E-state index in [2.05, 4.69) is 54.2 Å². The van der Waals surface area contributed by atoms with Crippen molar-refractivity contribution in [1.29, 1.82) is 0 Å². The van der Waals surface area contributed by atoms with Crippen molar-refractivity contribution in [2.24, 2.45) is 0 Å². The first-order valence-corrected chi connectivity index (χ1v) is 8.48. The fourth-order valence-corrected chi connectivity index (χ4v) is 3.38. The van der Waals surface area contributed by atoms with Crippen LogP contribution in [0, 0.1) is 27.7 Å². The van der Waals surface area contributed by atoms with E-state index in [0.717, 1.165) is 30.3 Å². The van der Waals surface area contributed by atoms with Gasteiger partial charge in [0.1, 0.15) is 5.82 Å². The van der Waals surface area contributed by atoms with Crippen LogP contribution in [0.5, 0.6) is 0 Å². The number of aryl methyl sites for hydroxylation is 4. The van der Waals surface area contributed by atoms with Crippen molar-refractivity contribution in [1.82, 2.24) is 9.97 Å². The maximum atomic E-state index is 4.76. The van der Waals surface area contributed by atoms with Crippen molar-refractivity contribution in [3.8, 4) is 0 Å². The standard InChI is InChI=1S/C19H26N4/c1-13-10-14(2)18(15(3)11-13)22-19-20-16(4)12-17(21-19)23-8-6-5-7-9-23/h10-12H,5-9H2,1-4H3,(H,20,21,22). The second kappa shape index (κ2) is 6.57. The smallest absolute Gasteiger partial charge is 0.229 e. The Morgan fingerprint density at radius 3 is 2.17 bits per heavy atom. The largest absolute Gasteiger partial charge is 0.356 e. The topological polar surface area (TPSA) is 41.1 Å². The molecule has 0 bridgehead atoms. The van der Waals surface area contributed by atoms with Gasteiger partial charge in [0.05, 0.1) is 0 Å². The van der Waals surface area contributed by atoms with Crippen molar-refractivity contribution in [2.45, 2.75) is 47.0 Å². The second-order valence-corrected chi connectivity index (χ2v) is 6.64. The van der Waals surface area contributed by atoms with Crippen molar-refractivity contribution < 1.29 is 0 Å². The summed E-state index contributed by atoms with van der Waals surface area (Å²) in [6.07, 6.45) is 3.83. The van der Waals surface area contributed by atoms with E-state index in [1.807, 2.05) is 6.92 Å². The van der Waals surface area contributed by atoms with E-state index in [1.54, 1.807) is 0 Å². The zero-order chi connectivity index (χ0) is 16.4. The first-order valence-electron chi connectivity index (χ1n) is 8.48. The Bertz CT molecular complexity index is 680. The fourth-order valence-electron chi connectivity index (χ4n) is 3.38. The van der Waals surface area contributed by atoms with Crippen LogP contribution < -0.4 is 10.2 Å². The van der Waals surface area contributed by atoms with Crippen molar-refractivity contribution in [3.05, 3.63) is 40.6 Å². The van der Waals surface area contributed by atoms with E-state index in [0.29, 0.717) is 5.95 Å². The molecule has 0 unspecified atom stereocenters. The number of nitrogens with zero attached hydrogens (tertiary/aromatic N) is 3. The Labute approximate surface area is 139 Å². The van der Waals surface area contributed by atoms with Crippen molar-refractivity contribution >= 4 is 17.5 Å². The molecule has 1 aliphatic heterocycles. The van der Waals surface area contributed by atoms with Gasteiger partial charge in [-0.05, 0) is 58.1 Å². The van der Waals surface area contributed by atoms with Crippen LogP contribution in [-0.2, 0) is 0 Å². The third-order valence-corrected chi connectivity index (χ3v) is 4.43. The average molecular weight is 310 g/mol. The molecule has 4 heteroatoms. The molecular weight excluding hydrogens is 284 g/mol. The molecule has 1 aromatic carbocycles. The molecule has 2 aromatic rings. The van der Waals surface area contributed by atoms with Crippen LogP contribution >= 0.6 is 0 Å². The van der Waals surface area contributed by atoms with Crippen LogP contribution in [0.1, 0.15) is 41.6 Å². The summed E-state index contributed by atoms with van der Waals surface area (Å²) >= 11 is 0. The Hall–Kier alpha value is -2.10. The van der Waals surface area contributed by atoms with E-state index in [1.165, 1.54) is 36.0 Å². The van der Waals surface area contributed by atoms with Crippen LogP contribution in [0.25, 0.3) is 0 Å². The lowest BCUT2D eigenvalue weighted by atomic mass is 10.1. The molecule has 0 spiro atoms. The Kier molecular flexibility index (Phi) is 4.51. The van der Waals surface area contributed by atoms with Gasteiger partial charge in [0.25, 0.3) is 0 Å². The summed E-state index contributed by atoms with van der Waals surface area (Å²) in [5, 5.41) is 3.44. The molecule has 0 aliphatic carbocycles. The highest BCUT2D eigenvalue weighted by Gasteiger charge is 2.14. The van der Waals surface area contributed by atoms with Gasteiger partial charge in [0.2, 0.25) is 5.95 Å². The molecular formula is C19H26N4. The van der Waals surface area contributed by atoms with E-state index in [9.17, 15) is 0 Å². The lowest BCUT2D eigenvalue weighted by Crippen LogP contribution is -2.30. The molecule has 122 valence electrons. The van der Waals surface area contributed by atoms with E-state index < -0.39 is 0 Å². The summed E-state index contributed by atoms with van der Waals surface area (Å²) in [6, 6.07) is 6.47. The molecule has 4 nitrogen and oxygen atoms in total. The minimum atomic E-state index is 0.695. The fraction of sp³-hybridized carbons (Fsp3) is 0.474. The number of hydrogen-bond donors (Lipinski definition) is 1. The summed E-state index contributed by atoms with van der Waals surface area (Å²) < 4.78 is 0. The first-order chi connectivity index (χ1) is 11.0. The Balaban J connectivity index is 1.90. The van der Waals surface area contributed by atoms with Gasteiger partial charge in [0.15, 0.2) is 0 Å². The number of nitrogens with one attached hydrogen (secondary N) is 1. The monoisotopic (exact) mass is 310 g/mol. The van der Waals surface area contributed by atoms with Crippen LogP contribution in [0.15, 0.2) is 18.2 Å². The Morgan fingerprint density at radius 2 is 1.52 bits per heavy atom. The quantitative estimate of drug-likeness (QED) is 0.909. The maximum Gasteiger partial charge on any atom is 0.229 e. The summed E-state index contributed by atoms with van der Waals surface area (Å²) in [5.74, 6) is 1.74. The molecule has 23 heavy (non-hydrogen) atoms. The van der Waals surface area contributed by atoms with Gasteiger partial charge in [-0.1, -0.05) is 17.7 Å². The molecule has 0 amide bonds. The van der Waals surface area contributed by atoms with Gasteiger partial charge in [-0.25, -0.2) is 4.98 Å². The number of rotatable bonds is 3. The lowest BCUT2D eigenvalue weighted by molar-refractivity contribution is 0.573. The predicted octanol–water partition coefficient (Wildman–Crippen LogP) is 4.44. The SMILES string of the molecule is Cc1cc(C)c(Nc2nc(C)cc(N3CCCCC3)n2)c(C)c1. The number of aromatic nitrogens is 2. The third kappa shape index (κ3) is 3.63. The summed E-state index contributed by atoms with van der Waals surface area (Å²) in [5.41, 5.74) is 5.86. The average Bonchev–Trinajstić information content (AvgIpc) is 2.51. The van der Waals surface area contributed by atoms with Crippen LogP contribution in [-0.4, -0.2) is 23.1 Å². The van der Waals surface area contributed by atoms with Gasteiger partial charge in [-0.3, -0.25) is 0 Å². The number of piperidine rings is 1. The van der Waals surface area contributed by atoms with Gasteiger partial charge in [-0.15, -0.1) is 0 Å². The van der Waals surface area contributed by atoms with Crippen LogP contribution in [0.3, 0.4) is 0 Å². The first kappa shape index (κ1) is 15.8. The zero-order valence-corrected chi connectivity index (χ0v) is 14.6. The number of benzene rings is 1. The zero-order valence-electron chi connectivity index (χ0n) is 14.6. The molecule has 1 saturated heterocycles. The molecule has 2 heterocycles. The number of anilines is 3. The molecule has 3 rings (SSSR count). The summed E-state index contributed by atoms with van der Waals surface area (Å²) in [4.78, 5) is 11.7. The molecule has 1 aromatic heterocycles.